The van der Waals surface area contributed by atoms with Gasteiger partial charge >= 0.3 is 0 Å². The molecule has 1 heterocycles. The molecule has 0 atom stereocenters. The van der Waals surface area contributed by atoms with E-state index in [1.807, 2.05) is 24.3 Å². The van der Waals surface area contributed by atoms with Gasteiger partial charge in [-0.15, -0.1) is 11.3 Å². The van der Waals surface area contributed by atoms with Crippen molar-refractivity contribution in [3.05, 3.63) is 71.0 Å². The summed E-state index contributed by atoms with van der Waals surface area (Å²) in [4.78, 5) is 4.53. The molecule has 3 nitrogen and oxygen atoms in total. The van der Waals surface area contributed by atoms with Gasteiger partial charge in [-0.3, -0.25) is 0 Å². The van der Waals surface area contributed by atoms with Crippen molar-refractivity contribution in [3.63, 3.8) is 0 Å². The second kappa shape index (κ2) is 6.83. The van der Waals surface area contributed by atoms with Crippen LogP contribution in [0.2, 0.25) is 0 Å². The Hall–Kier alpha value is -2.05. The summed E-state index contributed by atoms with van der Waals surface area (Å²) in [6.07, 6.45) is 0.972. The van der Waals surface area contributed by atoms with Crippen LogP contribution >= 0.6 is 11.3 Å². The van der Waals surface area contributed by atoms with Crippen LogP contribution in [0.25, 0.3) is 10.6 Å². The topological polar surface area (TPSA) is 47.0 Å². The van der Waals surface area contributed by atoms with Gasteiger partial charge in [0.25, 0.3) is 0 Å². The van der Waals surface area contributed by atoms with E-state index >= 15 is 0 Å². The molecule has 0 saturated heterocycles. The Kier molecular flexibility index (Phi) is 4.78. The number of sulfone groups is 1. The van der Waals surface area contributed by atoms with Gasteiger partial charge in [-0.1, -0.05) is 31.2 Å². The molecule has 0 saturated carbocycles. The molecular formula is C18H16FNO2S2. The lowest BCUT2D eigenvalue weighted by Crippen LogP contribution is -2.05. The van der Waals surface area contributed by atoms with Crippen LogP contribution < -0.4 is 0 Å². The first-order chi connectivity index (χ1) is 11.5. The zero-order valence-corrected chi connectivity index (χ0v) is 14.7. The van der Waals surface area contributed by atoms with Gasteiger partial charge in [-0.2, -0.15) is 0 Å². The molecule has 0 unspecified atom stereocenters. The molecule has 0 spiro atoms. The predicted molar refractivity (Wildman–Crippen MR) is 94.2 cm³/mol. The smallest absolute Gasteiger partial charge is 0.184 e. The molecule has 0 aliphatic heterocycles. The summed E-state index contributed by atoms with van der Waals surface area (Å²) in [5.41, 5.74) is 2.72. The molecule has 1 aromatic heterocycles. The maximum atomic E-state index is 12.9. The van der Waals surface area contributed by atoms with Gasteiger partial charge in [0.2, 0.25) is 0 Å². The molecule has 124 valence electrons. The van der Waals surface area contributed by atoms with Gasteiger partial charge < -0.3 is 0 Å². The highest BCUT2D eigenvalue weighted by Crippen LogP contribution is 2.26. The minimum atomic E-state index is -3.53. The number of thiazole rings is 1. The maximum Gasteiger partial charge on any atom is 0.184 e. The van der Waals surface area contributed by atoms with E-state index in [2.05, 4.69) is 11.9 Å². The molecule has 2 aromatic carbocycles. The van der Waals surface area contributed by atoms with Crippen LogP contribution in [-0.4, -0.2) is 13.4 Å². The summed E-state index contributed by atoms with van der Waals surface area (Å²) in [7, 11) is -3.53. The van der Waals surface area contributed by atoms with Crippen molar-refractivity contribution in [2.24, 2.45) is 0 Å². The largest absolute Gasteiger partial charge is 0.240 e. The van der Waals surface area contributed by atoms with Crippen LogP contribution in [0.4, 0.5) is 4.39 Å². The van der Waals surface area contributed by atoms with Crippen molar-refractivity contribution in [1.29, 1.82) is 0 Å². The molecule has 6 heteroatoms. The van der Waals surface area contributed by atoms with Gasteiger partial charge in [0.15, 0.2) is 9.84 Å². The Bertz CT molecular complexity index is 930. The lowest BCUT2D eigenvalue weighted by molar-refractivity contribution is 0.593. The van der Waals surface area contributed by atoms with Gasteiger partial charge in [0.1, 0.15) is 10.8 Å². The molecule has 0 radical (unpaired) electrons. The van der Waals surface area contributed by atoms with Gasteiger partial charge in [0, 0.05) is 10.9 Å². The average molecular weight is 361 g/mol. The zero-order chi connectivity index (χ0) is 17.2. The van der Waals surface area contributed by atoms with E-state index in [-0.39, 0.29) is 10.6 Å². The highest BCUT2D eigenvalue weighted by atomic mass is 32.2. The first-order valence-corrected chi connectivity index (χ1v) is 10.0. The fourth-order valence-corrected chi connectivity index (χ4v) is 4.49. The monoisotopic (exact) mass is 361 g/mol. The molecule has 0 fully saturated rings. The third-order valence-corrected chi connectivity index (χ3v) is 6.28. The first kappa shape index (κ1) is 16.8. The van der Waals surface area contributed by atoms with E-state index in [1.54, 1.807) is 5.38 Å². The predicted octanol–water partition coefficient (Wildman–Crippen LogP) is 4.49. The molecule has 0 amide bonds. The first-order valence-electron chi connectivity index (χ1n) is 7.50. The quantitative estimate of drug-likeness (QED) is 0.629. The maximum absolute atomic E-state index is 12.9. The molecule has 0 N–H and O–H groups in total. The zero-order valence-electron chi connectivity index (χ0n) is 13.1. The van der Waals surface area contributed by atoms with Crippen molar-refractivity contribution >= 4 is 21.2 Å². The Morgan fingerprint density at radius 2 is 1.71 bits per heavy atom. The van der Waals surface area contributed by atoms with E-state index < -0.39 is 15.7 Å². The molecule has 3 aromatic rings. The Labute approximate surface area is 144 Å². The van der Waals surface area contributed by atoms with E-state index in [0.29, 0.717) is 5.69 Å². The van der Waals surface area contributed by atoms with Crippen molar-refractivity contribution in [2.45, 2.75) is 24.0 Å². The van der Waals surface area contributed by atoms with Crippen LogP contribution in [-0.2, 0) is 22.0 Å². The van der Waals surface area contributed by atoms with Gasteiger partial charge in [-0.05, 0) is 36.2 Å². The Balaban J connectivity index is 1.81. The normalized spacial score (nSPS) is 11.6. The van der Waals surface area contributed by atoms with E-state index in [0.717, 1.165) is 29.1 Å². The summed E-state index contributed by atoms with van der Waals surface area (Å²) in [6.45, 7) is 2.09. The van der Waals surface area contributed by atoms with Crippen LogP contribution in [0.15, 0.2) is 58.8 Å². The molecule has 0 aliphatic rings. The van der Waals surface area contributed by atoms with Gasteiger partial charge in [0.05, 0.1) is 16.3 Å². The summed E-state index contributed by atoms with van der Waals surface area (Å²) in [5, 5.41) is 2.55. The van der Waals surface area contributed by atoms with Crippen molar-refractivity contribution < 1.29 is 12.8 Å². The number of benzene rings is 2. The number of nitrogens with zero attached hydrogens (tertiary/aromatic N) is 1. The molecular weight excluding hydrogens is 345 g/mol. The fraction of sp³-hybridized carbons (Fsp3) is 0.167. The van der Waals surface area contributed by atoms with Crippen molar-refractivity contribution in [2.75, 3.05) is 0 Å². The van der Waals surface area contributed by atoms with Crippen molar-refractivity contribution in [3.8, 4) is 10.6 Å². The summed E-state index contributed by atoms with van der Waals surface area (Å²) in [5.74, 6) is -0.650. The lowest BCUT2D eigenvalue weighted by atomic mass is 10.1. The molecule has 24 heavy (non-hydrogen) atoms. The number of rotatable bonds is 5. The minimum Gasteiger partial charge on any atom is -0.240 e. The van der Waals surface area contributed by atoms with Crippen LogP contribution in [0.5, 0.6) is 0 Å². The summed E-state index contributed by atoms with van der Waals surface area (Å²) >= 11 is 1.42. The second-order valence-corrected chi connectivity index (χ2v) is 8.26. The number of halogens is 1. The number of hydrogen-bond acceptors (Lipinski definition) is 4. The highest BCUT2D eigenvalue weighted by molar-refractivity contribution is 7.90. The standard InChI is InChI=1S/C18H16FNO2S2/c1-2-13-3-5-14(6-4-13)18-20-16(11-23-18)12-24(21,22)17-9-7-15(19)8-10-17/h3-11H,2,12H2,1H3. The fourth-order valence-electron chi connectivity index (χ4n) is 2.31. The van der Waals surface area contributed by atoms with Crippen LogP contribution in [0.1, 0.15) is 18.2 Å². The molecule has 3 rings (SSSR count). The third kappa shape index (κ3) is 3.71. The highest BCUT2D eigenvalue weighted by Gasteiger charge is 2.17. The van der Waals surface area contributed by atoms with Crippen molar-refractivity contribution in [1.82, 2.24) is 4.98 Å². The second-order valence-electron chi connectivity index (χ2n) is 5.41. The molecule has 0 aliphatic carbocycles. The number of aromatic nitrogens is 1. The van der Waals surface area contributed by atoms with E-state index in [4.69, 9.17) is 0 Å². The Morgan fingerprint density at radius 1 is 1.04 bits per heavy atom. The Morgan fingerprint density at radius 3 is 2.33 bits per heavy atom. The minimum absolute atomic E-state index is 0.103. The van der Waals surface area contributed by atoms with E-state index in [9.17, 15) is 12.8 Å². The van der Waals surface area contributed by atoms with Crippen LogP contribution in [0, 0.1) is 5.82 Å². The van der Waals surface area contributed by atoms with Crippen LogP contribution in [0.3, 0.4) is 0 Å². The summed E-state index contributed by atoms with van der Waals surface area (Å²) < 4.78 is 37.7. The SMILES string of the molecule is CCc1ccc(-c2nc(CS(=O)(=O)c3ccc(F)cc3)cs2)cc1. The average Bonchev–Trinajstić information content (AvgIpc) is 3.03. The third-order valence-electron chi connectivity index (χ3n) is 3.67. The number of hydrogen-bond donors (Lipinski definition) is 0. The summed E-state index contributed by atoms with van der Waals surface area (Å²) in [6, 6.07) is 12.9. The molecule has 0 bridgehead atoms. The lowest BCUT2D eigenvalue weighted by Gasteiger charge is -2.02. The van der Waals surface area contributed by atoms with Gasteiger partial charge in [-0.25, -0.2) is 17.8 Å². The number of aryl methyl sites for hydroxylation is 1. The van der Waals surface area contributed by atoms with E-state index in [1.165, 1.54) is 29.0 Å².